The van der Waals surface area contributed by atoms with E-state index in [4.69, 9.17) is 4.52 Å². The Morgan fingerprint density at radius 2 is 1.79 bits per heavy atom. The molecule has 29 heavy (non-hydrogen) atoms. The van der Waals surface area contributed by atoms with Crippen LogP contribution >= 0.6 is 0 Å². The van der Waals surface area contributed by atoms with Crippen molar-refractivity contribution < 1.29 is 22.5 Å². The Morgan fingerprint density at radius 3 is 2.48 bits per heavy atom. The average molecular weight is 401 g/mol. The Bertz CT molecular complexity index is 984. The number of carbonyl (C=O) groups excluding carboxylic acids is 1. The molecule has 1 atom stereocenters. The number of hydrogen-bond acceptors (Lipinski definition) is 4. The SMILES string of the molecule is O=C1CC(c2noc(-c3ccc(C(F)(F)F)cc3)n2)CN1CCc1ccccc1. The van der Waals surface area contributed by atoms with Gasteiger partial charge in [-0.25, -0.2) is 0 Å². The van der Waals surface area contributed by atoms with Gasteiger partial charge in [0, 0.05) is 31.0 Å². The summed E-state index contributed by atoms with van der Waals surface area (Å²) in [6, 6.07) is 14.5. The lowest BCUT2D eigenvalue weighted by atomic mass is 10.1. The Kier molecular flexibility index (Phi) is 5.08. The first-order chi connectivity index (χ1) is 13.9. The van der Waals surface area contributed by atoms with Crippen LogP contribution in [0.4, 0.5) is 13.2 Å². The minimum atomic E-state index is -4.40. The minimum absolute atomic E-state index is 0.0341. The maximum Gasteiger partial charge on any atom is 0.416 e. The van der Waals surface area contributed by atoms with Crippen LogP contribution in [-0.4, -0.2) is 34.0 Å². The molecule has 1 aliphatic rings. The zero-order chi connectivity index (χ0) is 20.4. The topological polar surface area (TPSA) is 59.2 Å². The van der Waals surface area contributed by atoms with Gasteiger partial charge in [0.15, 0.2) is 5.82 Å². The van der Waals surface area contributed by atoms with Gasteiger partial charge in [-0.15, -0.1) is 0 Å². The number of nitrogens with zero attached hydrogens (tertiary/aromatic N) is 3. The van der Waals surface area contributed by atoms with E-state index in [0.29, 0.717) is 30.9 Å². The molecule has 1 aliphatic heterocycles. The highest BCUT2D eigenvalue weighted by Crippen LogP contribution is 2.32. The summed E-state index contributed by atoms with van der Waals surface area (Å²) in [5, 5.41) is 3.95. The molecule has 0 N–H and O–H groups in total. The molecule has 1 aromatic heterocycles. The van der Waals surface area contributed by atoms with Crippen molar-refractivity contribution in [1.82, 2.24) is 15.0 Å². The van der Waals surface area contributed by atoms with E-state index in [1.165, 1.54) is 12.1 Å². The van der Waals surface area contributed by atoms with E-state index in [1.54, 1.807) is 4.90 Å². The highest BCUT2D eigenvalue weighted by molar-refractivity contribution is 5.79. The highest BCUT2D eigenvalue weighted by Gasteiger charge is 2.34. The Morgan fingerprint density at radius 1 is 1.07 bits per heavy atom. The van der Waals surface area contributed by atoms with Crippen LogP contribution in [0, 0.1) is 0 Å². The maximum absolute atomic E-state index is 12.7. The molecule has 0 saturated carbocycles. The van der Waals surface area contributed by atoms with E-state index >= 15 is 0 Å². The van der Waals surface area contributed by atoms with Gasteiger partial charge < -0.3 is 9.42 Å². The molecule has 1 fully saturated rings. The fraction of sp³-hybridized carbons (Fsp3) is 0.286. The summed E-state index contributed by atoms with van der Waals surface area (Å²) < 4.78 is 43.3. The molecule has 1 amide bonds. The third-order valence-electron chi connectivity index (χ3n) is 4.99. The lowest BCUT2D eigenvalue weighted by Crippen LogP contribution is -2.27. The van der Waals surface area contributed by atoms with Gasteiger partial charge in [0.05, 0.1) is 5.56 Å². The molecular weight excluding hydrogens is 383 g/mol. The molecule has 2 heterocycles. The van der Waals surface area contributed by atoms with Crippen LogP contribution in [0.3, 0.4) is 0 Å². The van der Waals surface area contributed by atoms with Crippen molar-refractivity contribution in [2.24, 2.45) is 0 Å². The summed E-state index contributed by atoms with van der Waals surface area (Å²) in [7, 11) is 0. The first kappa shape index (κ1) is 19.2. The standard InChI is InChI=1S/C21H18F3N3O2/c22-21(23,24)17-8-6-15(7-9-17)20-25-19(26-29-20)16-12-18(28)27(13-16)11-10-14-4-2-1-3-5-14/h1-9,16H,10-13H2. The van der Waals surface area contributed by atoms with Crippen LogP contribution < -0.4 is 0 Å². The van der Waals surface area contributed by atoms with Crippen molar-refractivity contribution in [2.45, 2.75) is 24.9 Å². The van der Waals surface area contributed by atoms with Crippen LogP contribution in [-0.2, 0) is 17.4 Å². The summed E-state index contributed by atoms with van der Waals surface area (Å²) in [5.41, 5.74) is 0.825. The number of carbonyl (C=O) groups is 1. The molecule has 3 aromatic rings. The zero-order valence-electron chi connectivity index (χ0n) is 15.4. The van der Waals surface area contributed by atoms with Crippen molar-refractivity contribution >= 4 is 5.91 Å². The van der Waals surface area contributed by atoms with Crippen LogP contribution in [0.15, 0.2) is 59.1 Å². The van der Waals surface area contributed by atoms with Crippen molar-refractivity contribution in [3.63, 3.8) is 0 Å². The molecule has 4 rings (SSSR count). The number of aromatic nitrogens is 2. The molecule has 1 saturated heterocycles. The normalized spacial score (nSPS) is 17.1. The molecule has 0 radical (unpaired) electrons. The fourth-order valence-corrected chi connectivity index (χ4v) is 3.39. The van der Waals surface area contributed by atoms with E-state index in [0.717, 1.165) is 24.1 Å². The van der Waals surface area contributed by atoms with Crippen LogP contribution in [0.1, 0.15) is 29.3 Å². The Balaban J connectivity index is 1.41. The number of hydrogen-bond donors (Lipinski definition) is 0. The van der Waals surface area contributed by atoms with Crippen LogP contribution in [0.2, 0.25) is 0 Å². The first-order valence-corrected chi connectivity index (χ1v) is 9.23. The van der Waals surface area contributed by atoms with Gasteiger partial charge >= 0.3 is 6.18 Å². The third kappa shape index (κ3) is 4.31. The number of likely N-dealkylation sites (tertiary alicyclic amines) is 1. The van der Waals surface area contributed by atoms with Crippen LogP contribution in [0.25, 0.3) is 11.5 Å². The number of alkyl halides is 3. The summed E-state index contributed by atoms with van der Waals surface area (Å²) in [4.78, 5) is 18.4. The molecule has 1 unspecified atom stereocenters. The van der Waals surface area contributed by atoms with Gasteiger partial charge in [0.25, 0.3) is 5.89 Å². The molecule has 8 heteroatoms. The van der Waals surface area contributed by atoms with Gasteiger partial charge in [-0.3, -0.25) is 4.79 Å². The summed E-state index contributed by atoms with van der Waals surface area (Å²) in [6.07, 6.45) is -3.34. The Labute approximate surface area is 165 Å². The second-order valence-electron chi connectivity index (χ2n) is 7.01. The van der Waals surface area contributed by atoms with Gasteiger partial charge in [-0.05, 0) is 36.2 Å². The molecule has 0 spiro atoms. The van der Waals surface area contributed by atoms with Gasteiger partial charge in [-0.1, -0.05) is 35.5 Å². The molecule has 0 bridgehead atoms. The molecule has 5 nitrogen and oxygen atoms in total. The lowest BCUT2D eigenvalue weighted by molar-refractivity contribution is -0.137. The van der Waals surface area contributed by atoms with E-state index in [1.807, 2.05) is 30.3 Å². The van der Waals surface area contributed by atoms with Crippen molar-refractivity contribution in [1.29, 1.82) is 0 Å². The lowest BCUT2D eigenvalue weighted by Gasteiger charge is -2.15. The monoisotopic (exact) mass is 401 g/mol. The van der Waals surface area contributed by atoms with E-state index in [2.05, 4.69) is 10.1 Å². The summed E-state index contributed by atoms with van der Waals surface area (Å²) in [6.45, 7) is 1.11. The highest BCUT2D eigenvalue weighted by atomic mass is 19.4. The predicted octanol–water partition coefficient (Wildman–Crippen LogP) is 4.31. The Hall–Kier alpha value is -3.16. The van der Waals surface area contributed by atoms with E-state index in [9.17, 15) is 18.0 Å². The third-order valence-corrected chi connectivity index (χ3v) is 4.99. The van der Waals surface area contributed by atoms with Gasteiger partial charge in [-0.2, -0.15) is 18.2 Å². The molecule has 2 aromatic carbocycles. The second-order valence-corrected chi connectivity index (χ2v) is 7.01. The van der Waals surface area contributed by atoms with Gasteiger partial charge in [0.2, 0.25) is 5.91 Å². The number of amides is 1. The van der Waals surface area contributed by atoms with Gasteiger partial charge in [0.1, 0.15) is 0 Å². The minimum Gasteiger partial charge on any atom is -0.342 e. The van der Waals surface area contributed by atoms with Crippen molar-refractivity contribution in [3.05, 3.63) is 71.5 Å². The molecule has 150 valence electrons. The molecular formula is C21H18F3N3O2. The predicted molar refractivity (Wildman–Crippen MR) is 98.8 cm³/mol. The molecule has 0 aliphatic carbocycles. The summed E-state index contributed by atoms with van der Waals surface area (Å²) in [5.74, 6) is 0.386. The summed E-state index contributed by atoms with van der Waals surface area (Å²) >= 11 is 0. The first-order valence-electron chi connectivity index (χ1n) is 9.23. The maximum atomic E-state index is 12.7. The van der Waals surface area contributed by atoms with Crippen molar-refractivity contribution in [2.75, 3.05) is 13.1 Å². The van der Waals surface area contributed by atoms with E-state index in [-0.39, 0.29) is 17.7 Å². The quantitative estimate of drug-likeness (QED) is 0.639. The second kappa shape index (κ2) is 7.69. The largest absolute Gasteiger partial charge is 0.416 e. The number of halogens is 3. The zero-order valence-corrected chi connectivity index (χ0v) is 15.4. The number of benzene rings is 2. The smallest absolute Gasteiger partial charge is 0.342 e. The van der Waals surface area contributed by atoms with E-state index < -0.39 is 11.7 Å². The van der Waals surface area contributed by atoms with Crippen molar-refractivity contribution in [3.8, 4) is 11.5 Å². The van der Waals surface area contributed by atoms with Crippen LogP contribution in [0.5, 0.6) is 0 Å². The fourth-order valence-electron chi connectivity index (χ4n) is 3.39. The number of rotatable bonds is 5. The average Bonchev–Trinajstić information content (AvgIpc) is 3.34.